The molecule has 1 N–H and O–H groups in total. The SMILES string of the molecule is O=C(O)C(OCCCl)C1CC=CCC1. The summed E-state index contributed by atoms with van der Waals surface area (Å²) in [4.78, 5) is 10.9. The molecule has 0 fully saturated rings. The third-order valence-electron chi connectivity index (χ3n) is 2.36. The molecule has 0 amide bonds. The van der Waals surface area contributed by atoms with Crippen LogP contribution in [0.15, 0.2) is 12.2 Å². The van der Waals surface area contributed by atoms with Gasteiger partial charge in [-0.2, -0.15) is 0 Å². The minimum absolute atomic E-state index is 0.0979. The highest BCUT2D eigenvalue weighted by molar-refractivity contribution is 6.17. The van der Waals surface area contributed by atoms with E-state index in [1.165, 1.54) is 0 Å². The molecule has 0 heterocycles. The van der Waals surface area contributed by atoms with Gasteiger partial charge in [0.1, 0.15) is 0 Å². The Balaban J connectivity index is 2.48. The maximum atomic E-state index is 10.9. The molecule has 0 saturated heterocycles. The highest BCUT2D eigenvalue weighted by Crippen LogP contribution is 2.23. The number of carboxylic acid groups (broad SMARTS) is 1. The minimum atomic E-state index is -0.879. The van der Waals surface area contributed by atoms with Gasteiger partial charge in [-0.3, -0.25) is 0 Å². The fourth-order valence-electron chi connectivity index (χ4n) is 1.67. The molecule has 14 heavy (non-hydrogen) atoms. The summed E-state index contributed by atoms with van der Waals surface area (Å²) in [5.74, 6) is -0.442. The molecular formula is C10H15ClO3. The third-order valence-corrected chi connectivity index (χ3v) is 2.51. The van der Waals surface area contributed by atoms with Gasteiger partial charge in [-0.05, 0) is 25.2 Å². The van der Waals surface area contributed by atoms with Crippen LogP contribution >= 0.6 is 11.6 Å². The molecule has 0 aromatic heterocycles. The summed E-state index contributed by atoms with van der Waals surface area (Å²) < 4.78 is 5.23. The lowest BCUT2D eigenvalue weighted by atomic mass is 9.89. The molecule has 1 aliphatic carbocycles. The normalized spacial score (nSPS) is 23.4. The standard InChI is InChI=1S/C10H15ClO3/c11-6-7-14-9(10(12)13)8-4-2-1-3-5-8/h1-2,8-9H,3-7H2,(H,12,13). The summed E-state index contributed by atoms with van der Waals surface area (Å²) >= 11 is 5.46. The highest BCUT2D eigenvalue weighted by atomic mass is 35.5. The summed E-state index contributed by atoms with van der Waals surface area (Å²) in [7, 11) is 0. The number of halogens is 1. The largest absolute Gasteiger partial charge is 0.479 e. The predicted octanol–water partition coefficient (Wildman–Crippen LogP) is 2.05. The monoisotopic (exact) mass is 218 g/mol. The molecule has 0 aromatic carbocycles. The molecule has 4 heteroatoms. The number of carboxylic acids is 1. The molecule has 1 rings (SSSR count). The number of carbonyl (C=O) groups is 1. The van der Waals surface area contributed by atoms with Crippen LogP contribution in [0.2, 0.25) is 0 Å². The zero-order chi connectivity index (χ0) is 10.4. The van der Waals surface area contributed by atoms with E-state index < -0.39 is 12.1 Å². The molecule has 0 radical (unpaired) electrons. The topological polar surface area (TPSA) is 46.5 Å². The summed E-state index contributed by atoms with van der Waals surface area (Å²) in [6.45, 7) is 0.304. The summed E-state index contributed by atoms with van der Waals surface area (Å²) in [6, 6.07) is 0. The second kappa shape index (κ2) is 6.04. The molecule has 3 nitrogen and oxygen atoms in total. The molecule has 2 atom stereocenters. The second-order valence-electron chi connectivity index (χ2n) is 3.36. The van der Waals surface area contributed by atoms with Crippen LogP contribution in [0.1, 0.15) is 19.3 Å². The predicted molar refractivity (Wildman–Crippen MR) is 54.6 cm³/mol. The van der Waals surface area contributed by atoms with Gasteiger partial charge in [0.2, 0.25) is 0 Å². The maximum Gasteiger partial charge on any atom is 0.333 e. The maximum absolute atomic E-state index is 10.9. The van der Waals surface area contributed by atoms with Gasteiger partial charge in [-0.15, -0.1) is 11.6 Å². The van der Waals surface area contributed by atoms with E-state index in [2.05, 4.69) is 6.08 Å². The van der Waals surface area contributed by atoms with Gasteiger partial charge in [-0.1, -0.05) is 12.2 Å². The number of hydrogen-bond acceptors (Lipinski definition) is 2. The van der Waals surface area contributed by atoms with Crippen molar-refractivity contribution in [1.29, 1.82) is 0 Å². The van der Waals surface area contributed by atoms with Crippen molar-refractivity contribution < 1.29 is 14.6 Å². The number of allylic oxidation sites excluding steroid dienone is 2. The van der Waals surface area contributed by atoms with Gasteiger partial charge in [0.15, 0.2) is 6.10 Å². The molecule has 0 aromatic rings. The smallest absolute Gasteiger partial charge is 0.333 e. The van der Waals surface area contributed by atoms with E-state index in [9.17, 15) is 4.79 Å². The van der Waals surface area contributed by atoms with E-state index in [1.54, 1.807) is 0 Å². The number of ether oxygens (including phenoxy) is 1. The van der Waals surface area contributed by atoms with Gasteiger partial charge < -0.3 is 9.84 Å². The number of alkyl halides is 1. The first-order valence-electron chi connectivity index (χ1n) is 4.81. The zero-order valence-corrected chi connectivity index (χ0v) is 8.74. The van der Waals surface area contributed by atoms with Crippen molar-refractivity contribution in [2.24, 2.45) is 5.92 Å². The highest BCUT2D eigenvalue weighted by Gasteiger charge is 2.28. The van der Waals surface area contributed by atoms with Crippen LogP contribution in [0.4, 0.5) is 0 Å². The van der Waals surface area contributed by atoms with Crippen LogP contribution in [0.25, 0.3) is 0 Å². The zero-order valence-electron chi connectivity index (χ0n) is 7.99. The quantitative estimate of drug-likeness (QED) is 0.568. The molecule has 2 unspecified atom stereocenters. The van der Waals surface area contributed by atoms with Crippen molar-refractivity contribution in [1.82, 2.24) is 0 Å². The van der Waals surface area contributed by atoms with Crippen LogP contribution in [0.5, 0.6) is 0 Å². The van der Waals surface area contributed by atoms with Crippen LogP contribution in [-0.2, 0) is 9.53 Å². The van der Waals surface area contributed by atoms with E-state index in [1.807, 2.05) is 6.08 Å². The molecule has 80 valence electrons. The van der Waals surface area contributed by atoms with Crippen LogP contribution < -0.4 is 0 Å². The first kappa shape index (κ1) is 11.5. The Labute approximate surface area is 88.7 Å². The Hall–Kier alpha value is -0.540. The molecule has 0 spiro atoms. The van der Waals surface area contributed by atoms with Crippen molar-refractivity contribution in [2.75, 3.05) is 12.5 Å². The molecular weight excluding hydrogens is 204 g/mol. The molecule has 0 saturated carbocycles. The van der Waals surface area contributed by atoms with Crippen LogP contribution in [0.3, 0.4) is 0 Å². The van der Waals surface area contributed by atoms with Crippen molar-refractivity contribution in [3.63, 3.8) is 0 Å². The fraction of sp³-hybridized carbons (Fsp3) is 0.700. The number of rotatable bonds is 5. The Morgan fingerprint density at radius 3 is 2.93 bits per heavy atom. The molecule has 1 aliphatic rings. The second-order valence-corrected chi connectivity index (χ2v) is 3.74. The van der Waals surface area contributed by atoms with Crippen LogP contribution in [-0.4, -0.2) is 29.7 Å². The average molecular weight is 219 g/mol. The van der Waals surface area contributed by atoms with Gasteiger partial charge in [0, 0.05) is 5.88 Å². The summed E-state index contributed by atoms with van der Waals surface area (Å²) in [6.07, 6.45) is 6.03. The van der Waals surface area contributed by atoms with Gasteiger partial charge in [0.05, 0.1) is 6.61 Å². The van der Waals surface area contributed by atoms with Crippen molar-refractivity contribution in [2.45, 2.75) is 25.4 Å². The number of aliphatic carboxylic acids is 1. The first-order valence-corrected chi connectivity index (χ1v) is 5.34. The Morgan fingerprint density at radius 2 is 2.43 bits per heavy atom. The minimum Gasteiger partial charge on any atom is -0.479 e. The summed E-state index contributed by atoms with van der Waals surface area (Å²) in [5, 5.41) is 8.96. The summed E-state index contributed by atoms with van der Waals surface area (Å²) in [5.41, 5.74) is 0. The van der Waals surface area contributed by atoms with E-state index >= 15 is 0 Å². The number of hydrogen-bond donors (Lipinski definition) is 1. The van der Waals surface area contributed by atoms with Crippen molar-refractivity contribution in [3.05, 3.63) is 12.2 Å². The van der Waals surface area contributed by atoms with Gasteiger partial charge >= 0.3 is 5.97 Å². The van der Waals surface area contributed by atoms with Gasteiger partial charge in [0.25, 0.3) is 0 Å². The van der Waals surface area contributed by atoms with Gasteiger partial charge in [-0.25, -0.2) is 4.79 Å². The first-order chi connectivity index (χ1) is 6.75. The molecule has 0 aliphatic heterocycles. The lowest BCUT2D eigenvalue weighted by Crippen LogP contribution is -2.33. The Kier molecular flexibility index (Phi) is 4.98. The third kappa shape index (κ3) is 3.31. The van der Waals surface area contributed by atoms with E-state index in [4.69, 9.17) is 21.4 Å². The lowest BCUT2D eigenvalue weighted by molar-refractivity contribution is -0.154. The van der Waals surface area contributed by atoms with Crippen molar-refractivity contribution >= 4 is 17.6 Å². The van der Waals surface area contributed by atoms with E-state index in [0.29, 0.717) is 12.5 Å². The fourth-order valence-corrected chi connectivity index (χ4v) is 1.76. The van der Waals surface area contributed by atoms with E-state index in [-0.39, 0.29) is 5.92 Å². The Bertz CT molecular complexity index is 215. The Morgan fingerprint density at radius 1 is 1.64 bits per heavy atom. The van der Waals surface area contributed by atoms with Crippen molar-refractivity contribution in [3.8, 4) is 0 Å². The van der Waals surface area contributed by atoms with Crippen LogP contribution in [0, 0.1) is 5.92 Å². The molecule has 0 bridgehead atoms. The average Bonchev–Trinajstić information content (AvgIpc) is 2.19. The van der Waals surface area contributed by atoms with E-state index in [0.717, 1.165) is 19.3 Å². The lowest BCUT2D eigenvalue weighted by Gasteiger charge is -2.24.